The minimum atomic E-state index is -4.67. The zero-order valence-electron chi connectivity index (χ0n) is 8.74. The fourth-order valence-corrected chi connectivity index (χ4v) is 1.84. The quantitative estimate of drug-likeness (QED) is 0.601. The van der Waals surface area contributed by atoms with E-state index in [-0.39, 0.29) is 0 Å². The van der Waals surface area contributed by atoms with Crippen molar-refractivity contribution < 1.29 is 17.5 Å². The Morgan fingerprint density at radius 1 is 0.647 bits per heavy atom. The summed E-state index contributed by atoms with van der Waals surface area (Å²) in [7, 11) is -4.67. The van der Waals surface area contributed by atoms with E-state index in [1.807, 2.05) is 0 Å². The number of benzene rings is 2. The molecular weight excluding hydrogens is 240 g/mol. The Morgan fingerprint density at radius 3 is 1.00 bits per heavy atom. The van der Waals surface area contributed by atoms with Gasteiger partial charge in [0.05, 0.1) is 0 Å². The largest absolute Gasteiger partial charge is 0.394 e. The summed E-state index contributed by atoms with van der Waals surface area (Å²) in [5, 5.41) is 0. The van der Waals surface area contributed by atoms with Gasteiger partial charge in [0.15, 0.2) is 0 Å². The highest BCUT2D eigenvalue weighted by atomic mass is 32.3. The average Bonchev–Trinajstić information content (AvgIpc) is 2.23. The maximum Gasteiger partial charge on any atom is 0.394 e. The molecule has 0 saturated heterocycles. The summed E-state index contributed by atoms with van der Waals surface area (Å²) < 4.78 is 31.6. The minimum Gasteiger partial charge on any atom is -0.264 e. The van der Waals surface area contributed by atoms with Crippen LogP contribution in [-0.4, -0.2) is 17.5 Å². The first-order chi connectivity index (χ1) is 7.97. The third kappa shape index (κ3) is 2.71. The summed E-state index contributed by atoms with van der Waals surface area (Å²) in [6.07, 6.45) is 0. The number of hydrogen-bond donors (Lipinski definition) is 2. The Hall–Kier alpha value is -1.69. The normalized spacial score (nSPS) is 11.4. The maximum absolute atomic E-state index is 8.74. The molecule has 0 heterocycles. The highest BCUT2D eigenvalue weighted by Crippen LogP contribution is 2.46. The van der Waals surface area contributed by atoms with Gasteiger partial charge in [-0.3, -0.25) is 9.11 Å². The van der Waals surface area contributed by atoms with Gasteiger partial charge in [0.2, 0.25) is 0 Å². The summed E-state index contributed by atoms with van der Waals surface area (Å²) in [6.45, 7) is 0. The molecule has 2 N–H and O–H groups in total. The Kier molecular flexibility index (Phi) is 2.97. The lowest BCUT2D eigenvalue weighted by Crippen LogP contribution is -1.96. The van der Waals surface area contributed by atoms with Crippen LogP contribution in [-0.2, 0) is 10.4 Å². The Balaban J connectivity index is 0.000000188. The molecule has 2 aromatic carbocycles. The smallest absolute Gasteiger partial charge is 0.264 e. The lowest BCUT2D eigenvalue weighted by atomic mass is 9.81. The van der Waals surface area contributed by atoms with E-state index in [1.54, 1.807) is 0 Å². The van der Waals surface area contributed by atoms with Gasteiger partial charge in [-0.1, -0.05) is 48.5 Å². The Labute approximate surface area is 99.1 Å². The van der Waals surface area contributed by atoms with Crippen molar-refractivity contribution in [1.29, 1.82) is 0 Å². The third-order valence-corrected chi connectivity index (χ3v) is 2.43. The molecule has 0 fully saturated rings. The van der Waals surface area contributed by atoms with Crippen LogP contribution in [0.1, 0.15) is 0 Å². The van der Waals surface area contributed by atoms with Crippen molar-refractivity contribution in [3.05, 3.63) is 48.5 Å². The van der Waals surface area contributed by atoms with Crippen LogP contribution < -0.4 is 0 Å². The van der Waals surface area contributed by atoms with E-state index in [0.29, 0.717) is 0 Å². The SMILES string of the molecule is O=S(=O)(O)O.c1ccc2c(c1)-c1ccccc1-2. The maximum atomic E-state index is 8.74. The average molecular weight is 250 g/mol. The molecule has 0 bridgehead atoms. The van der Waals surface area contributed by atoms with Gasteiger partial charge in [-0.05, 0) is 22.3 Å². The monoisotopic (exact) mass is 250 g/mol. The fraction of sp³-hybridized carbons (Fsp3) is 0. The Morgan fingerprint density at radius 2 is 0.824 bits per heavy atom. The first kappa shape index (κ1) is 11.8. The van der Waals surface area contributed by atoms with Crippen LogP contribution in [0.5, 0.6) is 0 Å². The zero-order valence-corrected chi connectivity index (χ0v) is 9.55. The topological polar surface area (TPSA) is 74.6 Å². The van der Waals surface area contributed by atoms with Gasteiger partial charge in [0, 0.05) is 0 Å². The first-order valence-corrected chi connectivity index (χ1v) is 6.25. The van der Waals surface area contributed by atoms with Gasteiger partial charge in [0.1, 0.15) is 0 Å². The molecule has 2 aromatic rings. The molecule has 88 valence electrons. The number of hydrogen-bond acceptors (Lipinski definition) is 2. The molecule has 3 rings (SSSR count). The van der Waals surface area contributed by atoms with E-state index < -0.39 is 10.4 Å². The summed E-state index contributed by atoms with van der Waals surface area (Å²) >= 11 is 0. The number of fused-ring (bicyclic) bond motifs is 4. The molecule has 0 radical (unpaired) electrons. The molecule has 5 heteroatoms. The van der Waals surface area contributed by atoms with Crippen LogP contribution in [0.4, 0.5) is 0 Å². The fourth-order valence-electron chi connectivity index (χ4n) is 1.84. The third-order valence-electron chi connectivity index (χ3n) is 2.43. The molecule has 0 unspecified atom stereocenters. The molecule has 0 aliphatic heterocycles. The van der Waals surface area contributed by atoms with Gasteiger partial charge >= 0.3 is 10.4 Å². The van der Waals surface area contributed by atoms with Gasteiger partial charge in [-0.15, -0.1) is 0 Å². The van der Waals surface area contributed by atoms with Gasteiger partial charge in [0.25, 0.3) is 0 Å². The molecule has 0 saturated carbocycles. The number of rotatable bonds is 0. The van der Waals surface area contributed by atoms with Crippen LogP contribution >= 0.6 is 0 Å². The van der Waals surface area contributed by atoms with Gasteiger partial charge in [-0.25, -0.2) is 0 Å². The van der Waals surface area contributed by atoms with Crippen molar-refractivity contribution in [2.24, 2.45) is 0 Å². The highest BCUT2D eigenvalue weighted by Gasteiger charge is 2.19. The van der Waals surface area contributed by atoms with Gasteiger partial charge < -0.3 is 0 Å². The highest BCUT2D eigenvalue weighted by molar-refractivity contribution is 7.79. The van der Waals surface area contributed by atoms with Crippen LogP contribution in [0, 0.1) is 0 Å². The molecule has 0 amide bonds. The van der Waals surface area contributed by atoms with E-state index in [4.69, 9.17) is 17.5 Å². The second-order valence-electron chi connectivity index (χ2n) is 3.54. The summed E-state index contributed by atoms with van der Waals surface area (Å²) in [4.78, 5) is 0. The first-order valence-electron chi connectivity index (χ1n) is 4.85. The van der Waals surface area contributed by atoms with Crippen molar-refractivity contribution in [1.82, 2.24) is 0 Å². The van der Waals surface area contributed by atoms with E-state index >= 15 is 0 Å². The lowest BCUT2D eigenvalue weighted by molar-refractivity contribution is 0.381. The molecule has 1 aliphatic carbocycles. The second kappa shape index (κ2) is 4.29. The molecule has 0 spiro atoms. The summed E-state index contributed by atoms with van der Waals surface area (Å²) in [5.74, 6) is 0. The van der Waals surface area contributed by atoms with Crippen molar-refractivity contribution >= 4 is 10.4 Å². The van der Waals surface area contributed by atoms with Gasteiger partial charge in [-0.2, -0.15) is 8.42 Å². The minimum absolute atomic E-state index is 1.40. The molecule has 0 aromatic heterocycles. The summed E-state index contributed by atoms with van der Waals surface area (Å²) in [5.41, 5.74) is 5.59. The van der Waals surface area contributed by atoms with Crippen molar-refractivity contribution in [3.8, 4) is 22.3 Å². The van der Waals surface area contributed by atoms with Crippen LogP contribution in [0.15, 0.2) is 48.5 Å². The predicted octanol–water partition coefficient (Wildman–Crippen LogP) is 2.68. The van der Waals surface area contributed by atoms with E-state index in [1.165, 1.54) is 22.3 Å². The second-order valence-corrected chi connectivity index (χ2v) is 4.43. The Bertz CT molecular complexity index is 539. The van der Waals surface area contributed by atoms with Crippen LogP contribution in [0.2, 0.25) is 0 Å². The van der Waals surface area contributed by atoms with Crippen molar-refractivity contribution in [2.45, 2.75) is 0 Å². The van der Waals surface area contributed by atoms with Crippen LogP contribution in [0.3, 0.4) is 0 Å². The van der Waals surface area contributed by atoms with Crippen molar-refractivity contribution in [2.75, 3.05) is 0 Å². The van der Waals surface area contributed by atoms with E-state index in [0.717, 1.165) is 0 Å². The molecule has 17 heavy (non-hydrogen) atoms. The molecule has 4 nitrogen and oxygen atoms in total. The molecule has 1 aliphatic rings. The van der Waals surface area contributed by atoms with E-state index in [2.05, 4.69) is 48.5 Å². The van der Waals surface area contributed by atoms with Crippen molar-refractivity contribution in [3.63, 3.8) is 0 Å². The summed E-state index contributed by atoms with van der Waals surface area (Å²) in [6, 6.07) is 17.1. The van der Waals surface area contributed by atoms with E-state index in [9.17, 15) is 0 Å². The molecular formula is C12H10O4S. The zero-order chi connectivity index (χ0) is 12.5. The van der Waals surface area contributed by atoms with Crippen LogP contribution in [0.25, 0.3) is 22.3 Å². The molecule has 0 atom stereocenters. The predicted molar refractivity (Wildman–Crippen MR) is 65.0 cm³/mol. The lowest BCUT2D eigenvalue weighted by Gasteiger charge is -2.22. The standard InChI is InChI=1S/C12H8.H2O4S/c1-2-6-10-9(5-1)11-7-3-4-8-12(10)11;1-5(2,3)4/h1-8H;(H2,1,2,3,4).